The minimum absolute atomic E-state index is 0.0895. The first kappa shape index (κ1) is 24.8. The molecule has 2 atom stereocenters. The van der Waals surface area contributed by atoms with Crippen molar-refractivity contribution in [2.24, 2.45) is 5.92 Å². The number of benzene rings is 2. The Morgan fingerprint density at radius 3 is 2.54 bits per heavy atom. The lowest BCUT2D eigenvalue weighted by atomic mass is 9.95. The number of ketones is 1. The smallest absolute Gasteiger partial charge is 0.295 e. The van der Waals surface area contributed by atoms with Gasteiger partial charge in [0.15, 0.2) is 0 Å². The molecule has 2 aromatic rings. The highest BCUT2D eigenvalue weighted by Crippen LogP contribution is 2.40. The summed E-state index contributed by atoms with van der Waals surface area (Å²) in [4.78, 5) is 30.0. The summed E-state index contributed by atoms with van der Waals surface area (Å²) in [5.74, 6) is -0.551. The van der Waals surface area contributed by atoms with Crippen LogP contribution >= 0.6 is 0 Å². The van der Waals surface area contributed by atoms with Gasteiger partial charge in [-0.1, -0.05) is 38.1 Å². The number of nitrogens with zero attached hydrogens (tertiary/aromatic N) is 2. The van der Waals surface area contributed by atoms with Crippen molar-refractivity contribution in [3.05, 3.63) is 65.2 Å². The lowest BCUT2D eigenvalue weighted by Gasteiger charge is -2.28. The predicted octanol–water partition coefficient (Wildman–Crippen LogP) is 4.39. The minimum atomic E-state index is -0.698. The number of ether oxygens (including phenoxy) is 2. The van der Waals surface area contributed by atoms with E-state index in [0.717, 1.165) is 24.1 Å². The number of hydrogen-bond acceptors (Lipinski definition) is 6. The molecule has 7 nitrogen and oxygen atoms in total. The molecule has 4 rings (SSSR count). The molecule has 35 heavy (non-hydrogen) atoms. The molecule has 0 spiro atoms. The Morgan fingerprint density at radius 2 is 1.91 bits per heavy atom. The highest BCUT2D eigenvalue weighted by atomic mass is 16.5. The van der Waals surface area contributed by atoms with E-state index < -0.39 is 17.7 Å². The number of anilines is 1. The fraction of sp³-hybridized carbons (Fsp3) is 0.429. The average molecular weight is 479 g/mol. The largest absolute Gasteiger partial charge is 0.507 e. The molecule has 0 aromatic heterocycles. The number of carbonyl (C=O) groups excluding carboxylic acids is 2. The van der Waals surface area contributed by atoms with E-state index in [4.69, 9.17) is 9.47 Å². The van der Waals surface area contributed by atoms with Gasteiger partial charge in [-0.3, -0.25) is 9.59 Å². The zero-order valence-electron chi connectivity index (χ0n) is 20.9. The molecule has 2 fully saturated rings. The monoisotopic (exact) mass is 478 g/mol. The van der Waals surface area contributed by atoms with Crippen LogP contribution in [-0.4, -0.2) is 61.7 Å². The summed E-state index contributed by atoms with van der Waals surface area (Å²) in [5, 5.41) is 11.3. The highest BCUT2D eigenvalue weighted by molar-refractivity contribution is 6.46. The number of aliphatic hydroxyl groups excluding tert-OH is 1. The molecule has 0 radical (unpaired) electrons. The van der Waals surface area contributed by atoms with Gasteiger partial charge in [-0.25, -0.2) is 0 Å². The van der Waals surface area contributed by atoms with Gasteiger partial charge >= 0.3 is 0 Å². The van der Waals surface area contributed by atoms with Gasteiger partial charge in [0.25, 0.3) is 11.7 Å². The molecule has 1 amide bonds. The zero-order valence-corrected chi connectivity index (χ0v) is 20.9. The molecule has 2 heterocycles. The molecule has 2 unspecified atom stereocenters. The molecule has 7 heteroatoms. The third-order valence-electron chi connectivity index (χ3n) is 6.38. The average Bonchev–Trinajstić information content (AvgIpc) is 3.45. The van der Waals surface area contributed by atoms with Gasteiger partial charge in [-0.15, -0.1) is 0 Å². The molecule has 2 aromatic carbocycles. The fourth-order valence-corrected chi connectivity index (χ4v) is 4.53. The van der Waals surface area contributed by atoms with E-state index in [2.05, 4.69) is 13.8 Å². The van der Waals surface area contributed by atoms with Crippen LogP contribution in [0, 0.1) is 5.92 Å². The molecule has 0 saturated carbocycles. The Morgan fingerprint density at radius 1 is 1.17 bits per heavy atom. The van der Waals surface area contributed by atoms with E-state index in [1.165, 1.54) is 0 Å². The highest BCUT2D eigenvalue weighted by Gasteiger charge is 2.47. The van der Waals surface area contributed by atoms with E-state index in [-0.39, 0.29) is 17.4 Å². The summed E-state index contributed by atoms with van der Waals surface area (Å²) in [6.07, 6.45) is 1.65. The summed E-state index contributed by atoms with van der Waals surface area (Å²) >= 11 is 0. The molecule has 2 aliphatic rings. The third-order valence-corrected chi connectivity index (χ3v) is 6.38. The number of rotatable bonds is 8. The van der Waals surface area contributed by atoms with Crippen LogP contribution in [0.15, 0.2) is 54.1 Å². The third kappa shape index (κ3) is 5.35. The predicted molar refractivity (Wildman–Crippen MR) is 136 cm³/mol. The molecule has 0 aliphatic carbocycles. The standard InChI is InChI=1S/C28H34N2O5/c1-18(2)17-35-22-8-5-7-20(15-22)26(31)24-25(19-10-12-21(13-11-19)29(3)4)30(28(33)27(24)32)16-23-9-6-14-34-23/h5,7-8,10-13,15,18,23,25,31H,6,9,14,16-17H2,1-4H3/b26-24-. The topological polar surface area (TPSA) is 79.3 Å². The zero-order chi connectivity index (χ0) is 25.1. The maximum Gasteiger partial charge on any atom is 0.295 e. The SMILES string of the molecule is CC(C)COc1cccc(/C(O)=C2/C(=O)C(=O)N(CC3CCCO3)C2c2ccc(N(C)C)cc2)c1. The Labute approximate surface area is 206 Å². The number of Topliss-reactive ketones (excluding diaryl/α,β-unsaturated/α-hetero) is 1. The summed E-state index contributed by atoms with van der Waals surface area (Å²) < 4.78 is 11.6. The molecule has 186 valence electrons. The van der Waals surface area contributed by atoms with E-state index in [1.54, 1.807) is 23.1 Å². The van der Waals surface area contributed by atoms with Crippen molar-refractivity contribution in [1.82, 2.24) is 4.90 Å². The van der Waals surface area contributed by atoms with E-state index in [1.807, 2.05) is 49.3 Å². The normalized spacial score (nSPS) is 21.7. The number of aliphatic hydroxyl groups is 1. The van der Waals surface area contributed by atoms with Gasteiger partial charge in [-0.2, -0.15) is 0 Å². The first-order valence-electron chi connectivity index (χ1n) is 12.2. The fourth-order valence-electron chi connectivity index (χ4n) is 4.53. The van der Waals surface area contributed by atoms with Crippen molar-refractivity contribution >= 4 is 23.1 Å². The quantitative estimate of drug-likeness (QED) is 0.344. The van der Waals surface area contributed by atoms with Gasteiger partial charge in [0.1, 0.15) is 11.5 Å². The Hall–Kier alpha value is -3.32. The van der Waals surface area contributed by atoms with Crippen LogP contribution in [0.2, 0.25) is 0 Å². The van der Waals surface area contributed by atoms with Gasteiger partial charge < -0.3 is 24.4 Å². The molecule has 2 saturated heterocycles. The lowest BCUT2D eigenvalue weighted by molar-refractivity contribution is -0.140. The summed E-state index contributed by atoms with van der Waals surface area (Å²) in [6, 6.07) is 14.0. The number of likely N-dealkylation sites (tertiary alicyclic amines) is 1. The van der Waals surface area contributed by atoms with Crippen molar-refractivity contribution < 1.29 is 24.2 Å². The van der Waals surface area contributed by atoms with Crippen molar-refractivity contribution in [3.63, 3.8) is 0 Å². The summed E-state index contributed by atoms with van der Waals surface area (Å²) in [6.45, 7) is 5.61. The summed E-state index contributed by atoms with van der Waals surface area (Å²) in [7, 11) is 3.90. The van der Waals surface area contributed by atoms with Crippen molar-refractivity contribution in [3.8, 4) is 5.75 Å². The van der Waals surface area contributed by atoms with Crippen molar-refractivity contribution in [2.45, 2.75) is 38.8 Å². The second kappa shape index (κ2) is 10.5. The first-order valence-corrected chi connectivity index (χ1v) is 12.2. The number of carbonyl (C=O) groups is 2. The number of hydrogen-bond donors (Lipinski definition) is 1. The molecule has 0 bridgehead atoms. The van der Waals surface area contributed by atoms with Gasteiger partial charge in [-0.05, 0) is 48.6 Å². The second-order valence-electron chi connectivity index (χ2n) is 9.81. The van der Waals surface area contributed by atoms with Crippen LogP contribution in [0.3, 0.4) is 0 Å². The van der Waals surface area contributed by atoms with E-state index in [0.29, 0.717) is 37.0 Å². The molecule has 2 aliphatic heterocycles. The van der Waals surface area contributed by atoms with Crippen LogP contribution < -0.4 is 9.64 Å². The number of amides is 1. The molecular weight excluding hydrogens is 444 g/mol. The van der Waals surface area contributed by atoms with Gasteiger partial charge in [0, 0.05) is 38.5 Å². The maximum absolute atomic E-state index is 13.3. The van der Waals surface area contributed by atoms with Crippen LogP contribution in [0.1, 0.15) is 43.9 Å². The maximum atomic E-state index is 13.3. The van der Waals surface area contributed by atoms with Crippen LogP contribution in [0.25, 0.3) is 5.76 Å². The van der Waals surface area contributed by atoms with Crippen LogP contribution in [-0.2, 0) is 14.3 Å². The Balaban J connectivity index is 1.76. The molecular formula is C28H34N2O5. The second-order valence-corrected chi connectivity index (χ2v) is 9.81. The Kier molecular flexibility index (Phi) is 7.45. The Bertz CT molecular complexity index is 1100. The summed E-state index contributed by atoms with van der Waals surface area (Å²) in [5.41, 5.74) is 2.30. The van der Waals surface area contributed by atoms with Crippen molar-refractivity contribution in [2.75, 3.05) is 38.8 Å². The van der Waals surface area contributed by atoms with Crippen LogP contribution in [0.4, 0.5) is 5.69 Å². The minimum Gasteiger partial charge on any atom is -0.507 e. The first-order chi connectivity index (χ1) is 16.8. The van der Waals surface area contributed by atoms with Crippen molar-refractivity contribution in [1.29, 1.82) is 0 Å². The lowest BCUT2D eigenvalue weighted by Crippen LogP contribution is -2.36. The molecule has 1 N–H and O–H groups in total. The van der Waals surface area contributed by atoms with E-state index >= 15 is 0 Å². The van der Waals surface area contributed by atoms with Gasteiger partial charge in [0.05, 0.1) is 24.3 Å². The van der Waals surface area contributed by atoms with Gasteiger partial charge in [0.2, 0.25) is 0 Å². The van der Waals surface area contributed by atoms with Crippen LogP contribution in [0.5, 0.6) is 5.75 Å². The van der Waals surface area contributed by atoms with E-state index in [9.17, 15) is 14.7 Å².